The van der Waals surface area contributed by atoms with Crippen molar-refractivity contribution in [3.8, 4) is 0 Å². The topological polar surface area (TPSA) is 47.0 Å². The molecule has 2 saturated heterocycles. The summed E-state index contributed by atoms with van der Waals surface area (Å²) in [6, 6.07) is 0.737. The number of amides is 1. The first kappa shape index (κ1) is 15.7. The monoisotopic (exact) mass is 283 g/mol. The molecule has 2 rings (SSSR count). The van der Waals surface area contributed by atoms with Gasteiger partial charge in [-0.15, -0.1) is 0 Å². The predicted molar refractivity (Wildman–Crippen MR) is 79.6 cm³/mol. The molecule has 0 spiro atoms. The largest absolute Gasteiger partial charge is 0.384 e. The zero-order valence-corrected chi connectivity index (χ0v) is 12.9. The van der Waals surface area contributed by atoms with Crippen LogP contribution in [0.25, 0.3) is 0 Å². The Morgan fingerprint density at radius 2 is 1.90 bits per heavy atom. The number of nitrogens with zero attached hydrogens (tertiary/aromatic N) is 3. The van der Waals surface area contributed by atoms with Crippen molar-refractivity contribution in [2.24, 2.45) is 0 Å². The van der Waals surface area contributed by atoms with Crippen molar-refractivity contribution in [3.63, 3.8) is 0 Å². The zero-order valence-electron chi connectivity index (χ0n) is 12.9. The third-order valence-corrected chi connectivity index (χ3v) is 4.74. The zero-order chi connectivity index (χ0) is 14.5. The van der Waals surface area contributed by atoms with Gasteiger partial charge >= 0.3 is 0 Å². The van der Waals surface area contributed by atoms with E-state index in [1.54, 1.807) is 11.8 Å². The standard InChI is InChI=1S/C15H29N3O2/c1-13(19)15(20)18-11-9-17(10-12-18)8-6-14-5-3-4-7-16(14)2/h13-14,19H,3-12H2,1-2H3. The second-order valence-corrected chi connectivity index (χ2v) is 6.26. The summed E-state index contributed by atoms with van der Waals surface area (Å²) in [5.74, 6) is -0.128. The van der Waals surface area contributed by atoms with E-state index < -0.39 is 6.10 Å². The minimum atomic E-state index is -0.863. The molecule has 2 atom stereocenters. The highest BCUT2D eigenvalue weighted by molar-refractivity contribution is 5.80. The first-order valence-corrected chi connectivity index (χ1v) is 7.97. The summed E-state index contributed by atoms with van der Waals surface area (Å²) in [4.78, 5) is 18.4. The Bertz CT molecular complexity index is 314. The average molecular weight is 283 g/mol. The van der Waals surface area contributed by atoms with Crippen molar-refractivity contribution >= 4 is 5.91 Å². The molecule has 2 fully saturated rings. The van der Waals surface area contributed by atoms with Gasteiger partial charge in [0.25, 0.3) is 5.91 Å². The molecule has 2 heterocycles. The summed E-state index contributed by atoms with van der Waals surface area (Å²) in [5.41, 5.74) is 0. The molecule has 0 aromatic carbocycles. The van der Waals surface area contributed by atoms with E-state index in [9.17, 15) is 9.90 Å². The number of carbonyl (C=O) groups is 1. The molecular formula is C15H29N3O2. The Kier molecular flexibility index (Phi) is 5.81. The number of piperidine rings is 1. The van der Waals surface area contributed by atoms with Crippen LogP contribution in [0.3, 0.4) is 0 Å². The molecule has 0 radical (unpaired) electrons. The highest BCUT2D eigenvalue weighted by Crippen LogP contribution is 2.18. The fourth-order valence-corrected chi connectivity index (χ4v) is 3.30. The quantitative estimate of drug-likeness (QED) is 0.810. The third kappa shape index (κ3) is 4.17. The predicted octanol–water partition coefficient (Wildman–Crippen LogP) is 0.386. The Labute approximate surface area is 122 Å². The summed E-state index contributed by atoms with van der Waals surface area (Å²) in [6.07, 6.45) is 4.41. The molecule has 2 aliphatic rings. The van der Waals surface area contributed by atoms with E-state index in [2.05, 4.69) is 16.8 Å². The second-order valence-electron chi connectivity index (χ2n) is 6.26. The van der Waals surface area contributed by atoms with E-state index in [0.29, 0.717) is 0 Å². The molecule has 0 aromatic heterocycles. The lowest BCUT2D eigenvalue weighted by Gasteiger charge is -2.38. The minimum Gasteiger partial charge on any atom is -0.384 e. The van der Waals surface area contributed by atoms with Gasteiger partial charge in [0, 0.05) is 32.2 Å². The van der Waals surface area contributed by atoms with Crippen LogP contribution in [0.1, 0.15) is 32.6 Å². The maximum Gasteiger partial charge on any atom is 0.251 e. The molecule has 2 aliphatic heterocycles. The molecule has 0 aromatic rings. The number of aliphatic hydroxyl groups excluding tert-OH is 1. The highest BCUT2D eigenvalue weighted by Gasteiger charge is 2.25. The number of hydrogen-bond donors (Lipinski definition) is 1. The fraction of sp³-hybridized carbons (Fsp3) is 0.933. The Morgan fingerprint density at radius 3 is 2.50 bits per heavy atom. The van der Waals surface area contributed by atoms with Crippen LogP contribution >= 0.6 is 0 Å². The van der Waals surface area contributed by atoms with E-state index in [1.807, 2.05) is 0 Å². The summed E-state index contributed by atoms with van der Waals surface area (Å²) < 4.78 is 0. The van der Waals surface area contributed by atoms with Crippen LogP contribution in [-0.4, -0.2) is 84.2 Å². The molecule has 1 N–H and O–H groups in total. The first-order valence-electron chi connectivity index (χ1n) is 7.97. The number of carbonyl (C=O) groups excluding carboxylic acids is 1. The first-order chi connectivity index (χ1) is 9.58. The molecule has 5 heteroatoms. The lowest BCUT2D eigenvalue weighted by Crippen LogP contribution is -2.51. The number of likely N-dealkylation sites (tertiary alicyclic amines) is 1. The van der Waals surface area contributed by atoms with E-state index in [4.69, 9.17) is 0 Å². The van der Waals surface area contributed by atoms with E-state index in [0.717, 1.165) is 38.8 Å². The molecule has 0 aliphatic carbocycles. The van der Waals surface area contributed by atoms with E-state index >= 15 is 0 Å². The van der Waals surface area contributed by atoms with Gasteiger partial charge in [0.2, 0.25) is 0 Å². The van der Waals surface area contributed by atoms with Crippen LogP contribution < -0.4 is 0 Å². The van der Waals surface area contributed by atoms with Crippen LogP contribution in [0.5, 0.6) is 0 Å². The van der Waals surface area contributed by atoms with E-state index in [-0.39, 0.29) is 5.91 Å². The van der Waals surface area contributed by atoms with Gasteiger partial charge in [-0.2, -0.15) is 0 Å². The molecule has 1 amide bonds. The van der Waals surface area contributed by atoms with Crippen LogP contribution in [0.4, 0.5) is 0 Å². The molecule has 116 valence electrons. The second kappa shape index (κ2) is 7.38. The summed E-state index contributed by atoms with van der Waals surface area (Å²) in [6.45, 7) is 7.30. The van der Waals surface area contributed by atoms with Crippen molar-refractivity contribution < 1.29 is 9.90 Å². The molecule has 5 nitrogen and oxygen atoms in total. The lowest BCUT2D eigenvalue weighted by molar-refractivity contribution is -0.141. The summed E-state index contributed by atoms with van der Waals surface area (Å²) in [7, 11) is 2.24. The van der Waals surface area contributed by atoms with Crippen molar-refractivity contribution in [3.05, 3.63) is 0 Å². The van der Waals surface area contributed by atoms with Gasteiger partial charge in [0.1, 0.15) is 6.10 Å². The summed E-state index contributed by atoms with van der Waals surface area (Å²) in [5, 5.41) is 9.33. The number of aliphatic hydroxyl groups is 1. The molecule has 0 bridgehead atoms. The third-order valence-electron chi connectivity index (χ3n) is 4.74. The smallest absolute Gasteiger partial charge is 0.251 e. The fourth-order valence-electron chi connectivity index (χ4n) is 3.30. The van der Waals surface area contributed by atoms with E-state index in [1.165, 1.54) is 32.2 Å². The van der Waals surface area contributed by atoms with Crippen LogP contribution in [0.2, 0.25) is 0 Å². The highest BCUT2D eigenvalue weighted by atomic mass is 16.3. The maximum atomic E-state index is 11.7. The molecule has 0 saturated carbocycles. The van der Waals surface area contributed by atoms with Gasteiger partial charge in [-0.1, -0.05) is 6.42 Å². The average Bonchev–Trinajstić information content (AvgIpc) is 2.46. The Morgan fingerprint density at radius 1 is 1.20 bits per heavy atom. The Hall–Kier alpha value is -0.650. The van der Waals surface area contributed by atoms with Crippen molar-refractivity contribution in [2.45, 2.75) is 44.8 Å². The molecular weight excluding hydrogens is 254 g/mol. The van der Waals surface area contributed by atoms with Crippen molar-refractivity contribution in [1.29, 1.82) is 0 Å². The van der Waals surface area contributed by atoms with Gasteiger partial charge in [-0.3, -0.25) is 9.69 Å². The van der Waals surface area contributed by atoms with Crippen molar-refractivity contribution in [2.75, 3.05) is 46.3 Å². The molecule has 2 unspecified atom stereocenters. The van der Waals surface area contributed by atoms with Crippen LogP contribution in [0.15, 0.2) is 0 Å². The lowest BCUT2D eigenvalue weighted by atomic mass is 10.00. The normalized spacial score (nSPS) is 27.6. The maximum absolute atomic E-state index is 11.7. The number of piperazine rings is 1. The Balaban J connectivity index is 1.68. The van der Waals surface area contributed by atoms with Gasteiger partial charge in [0.05, 0.1) is 0 Å². The van der Waals surface area contributed by atoms with Gasteiger partial charge in [-0.25, -0.2) is 0 Å². The number of hydrogen-bond acceptors (Lipinski definition) is 4. The minimum absolute atomic E-state index is 0.128. The van der Waals surface area contributed by atoms with Gasteiger partial charge in [-0.05, 0) is 46.3 Å². The van der Waals surface area contributed by atoms with Crippen molar-refractivity contribution in [1.82, 2.24) is 14.7 Å². The van der Waals surface area contributed by atoms with Crippen LogP contribution in [0, 0.1) is 0 Å². The van der Waals surface area contributed by atoms with Gasteiger partial charge < -0.3 is 14.9 Å². The van der Waals surface area contributed by atoms with Gasteiger partial charge in [0.15, 0.2) is 0 Å². The number of rotatable bonds is 4. The van der Waals surface area contributed by atoms with Crippen LogP contribution in [-0.2, 0) is 4.79 Å². The SMILES string of the molecule is CC(O)C(=O)N1CCN(CCC2CCCCN2C)CC1. The summed E-state index contributed by atoms with van der Waals surface area (Å²) >= 11 is 0. The molecule has 20 heavy (non-hydrogen) atoms.